The van der Waals surface area contributed by atoms with Gasteiger partial charge in [0.05, 0.1) is 36.4 Å². The third-order valence-corrected chi connectivity index (χ3v) is 19.8. The van der Waals surface area contributed by atoms with Gasteiger partial charge in [0.2, 0.25) is 53.2 Å². The SMILES string of the molecule is CCCCCCNC(=O)CCCN1C(=O)CC(SCCCC(=O)N[C@@H](C)C(=O)N[C@H](C)C(=O)N[C@@H](C)C(=O)NCSCCCCCC(=O)N(C)[C@@H](C)C(=O)O[C@H]2CC(=O)N(C)c3cc(cc(OC)c3Cl)C/C(C)=C/C=C/[C@@H](OC)[C@@]3(O)C[C@H](OC(=O)N3)[C@@H](C)[C@H](O)[C@@H]2C)C1=O. The number of thioether (sulfide) groups is 2. The number of halogens is 1. The first-order chi connectivity index (χ1) is 45.0. The van der Waals surface area contributed by atoms with E-state index in [1.807, 2.05) is 13.0 Å². The molecule has 1 aromatic carbocycles. The highest BCUT2D eigenvalue weighted by Gasteiger charge is 2.49. The second kappa shape index (κ2) is 40.3. The van der Waals surface area contributed by atoms with Crippen LogP contribution in [0.3, 0.4) is 0 Å². The number of hydrogen-bond donors (Lipinski definition) is 8. The first kappa shape index (κ1) is 81.0. The van der Waals surface area contributed by atoms with E-state index >= 15 is 0 Å². The van der Waals surface area contributed by atoms with Crippen molar-refractivity contribution in [2.24, 2.45) is 11.8 Å². The minimum Gasteiger partial charge on any atom is -0.495 e. The first-order valence-corrected chi connectivity index (χ1v) is 35.4. The number of benzene rings is 1. The van der Waals surface area contributed by atoms with Crippen molar-refractivity contribution in [3.8, 4) is 5.75 Å². The highest BCUT2D eigenvalue weighted by atomic mass is 35.5. The predicted molar refractivity (Wildman–Crippen MR) is 363 cm³/mol. The van der Waals surface area contributed by atoms with Gasteiger partial charge in [-0.15, -0.1) is 23.5 Å². The average molecular weight is 1390 g/mol. The number of alkyl carbamates (subject to hydrolysis) is 1. The molecule has 3 aliphatic rings. The summed E-state index contributed by atoms with van der Waals surface area (Å²) in [6, 6.07) is -0.618. The number of likely N-dealkylation sites (N-methyl/N-ethyl adjacent to an activating group) is 1. The number of nitrogens with one attached hydrogen (secondary N) is 6. The number of imide groups is 1. The van der Waals surface area contributed by atoms with Crippen molar-refractivity contribution in [1.29, 1.82) is 0 Å². The Balaban J connectivity index is 1.18. The first-order valence-electron chi connectivity index (χ1n) is 32.8. The summed E-state index contributed by atoms with van der Waals surface area (Å²) in [6.07, 6.45) is 6.30. The van der Waals surface area contributed by atoms with Crippen LogP contribution in [0.15, 0.2) is 35.9 Å². The molecule has 0 saturated carbocycles. The summed E-state index contributed by atoms with van der Waals surface area (Å²) in [7, 11) is 5.81. The molecule has 2 saturated heterocycles. The number of anilines is 1. The molecule has 95 heavy (non-hydrogen) atoms. The molecule has 12 atom stereocenters. The number of likely N-dealkylation sites (tertiary alicyclic amines) is 1. The van der Waals surface area contributed by atoms with Crippen LogP contribution in [-0.4, -0.2) is 204 Å². The molecule has 0 radical (unpaired) electrons. The van der Waals surface area contributed by atoms with E-state index in [1.165, 1.54) is 94.2 Å². The van der Waals surface area contributed by atoms with Gasteiger partial charge in [0.25, 0.3) is 0 Å². The minimum absolute atomic E-state index is 0.0545. The number of esters is 1. The highest BCUT2D eigenvalue weighted by Crippen LogP contribution is 2.38. The van der Waals surface area contributed by atoms with Crippen LogP contribution in [0.1, 0.15) is 157 Å². The van der Waals surface area contributed by atoms with Crippen molar-refractivity contribution >= 4 is 106 Å². The lowest BCUT2D eigenvalue weighted by atomic mass is 9.81. The van der Waals surface area contributed by atoms with Crippen LogP contribution in [0.2, 0.25) is 5.02 Å². The maximum Gasteiger partial charge on any atom is 0.409 e. The maximum absolute atomic E-state index is 14.3. The number of unbranched alkanes of at least 4 members (excludes halogenated alkanes) is 5. The maximum atomic E-state index is 14.3. The number of carbonyl (C=O) groups excluding carboxylic acids is 11. The van der Waals surface area contributed by atoms with Crippen molar-refractivity contribution < 1.29 is 81.9 Å². The minimum atomic E-state index is -1.96. The average Bonchev–Trinajstić information content (AvgIpc) is 1.40. The van der Waals surface area contributed by atoms with Gasteiger partial charge in [-0.3, -0.25) is 53.4 Å². The Morgan fingerprint density at radius 2 is 1.48 bits per heavy atom. The molecular formula is C66H102ClN9O17S2. The van der Waals surface area contributed by atoms with Crippen LogP contribution >= 0.6 is 35.1 Å². The number of fused-ring (bicyclic) bond motifs is 4. The van der Waals surface area contributed by atoms with Gasteiger partial charge in [0.15, 0.2) is 5.72 Å². The third-order valence-electron chi connectivity index (χ3n) is 17.2. The Morgan fingerprint density at radius 3 is 2.16 bits per heavy atom. The van der Waals surface area contributed by atoms with Crippen LogP contribution in [-0.2, 0) is 68.6 Å². The Kier molecular flexibility index (Phi) is 34.4. The predicted octanol–water partition coefficient (Wildman–Crippen LogP) is 5.35. The van der Waals surface area contributed by atoms with Crippen LogP contribution in [0.5, 0.6) is 5.75 Å². The van der Waals surface area contributed by atoms with E-state index in [2.05, 4.69) is 38.8 Å². The number of rotatable bonds is 33. The van der Waals surface area contributed by atoms with Gasteiger partial charge in [0.1, 0.15) is 53.3 Å². The zero-order chi connectivity index (χ0) is 70.7. The summed E-state index contributed by atoms with van der Waals surface area (Å²) in [5.41, 5.74) is -0.0249. The largest absolute Gasteiger partial charge is 0.495 e. The van der Waals surface area contributed by atoms with Gasteiger partial charge in [-0.2, -0.15) is 0 Å². The normalized spacial score (nSPS) is 23.9. The summed E-state index contributed by atoms with van der Waals surface area (Å²) in [5.74, 6) is -4.80. The van der Waals surface area contributed by atoms with E-state index in [9.17, 15) is 63.0 Å². The van der Waals surface area contributed by atoms with Crippen LogP contribution < -0.4 is 41.5 Å². The standard InChI is InChI=1S/C66H102ClN9O17S2/c1-13-14-15-18-28-68-53(77)25-21-29-76-57(81)36-51(63(76)86)95-31-22-26-54(78)70-43(6)61(84)72-44(7)62(85)71-42(5)60(83)69-38-94-30-19-16-17-27-55(79)74(9)45(8)64(87)92-48-35-56(80)75(10)47-33-46(34-49(90-11)58(47)67)32-39(2)23-20-24-52(91-12)66(89)37-50(93-65(88)73-66)41(4)59(82)40(48)3/h20,23-24,33-34,40-45,48,50-52,59,82,89H,13-19,21-22,25-32,35-38H2,1-12H3,(H,68,77)(H,69,83)(H,70,78)(H,71,85)(H,72,84)(H,73,88)/b24-20+,39-23+/t40-,41-,42+,43+,44-,45+,48+,50+,51?,52-,59-,66+/m1/s1. The number of allylic oxidation sites excluding steroid dienone is 3. The van der Waals surface area contributed by atoms with E-state index in [-0.39, 0.29) is 73.2 Å². The Hall–Kier alpha value is -6.46. The number of ether oxygens (including phenoxy) is 4. The smallest absolute Gasteiger partial charge is 0.409 e. The molecule has 4 rings (SSSR count). The van der Waals surface area contributed by atoms with Crippen molar-refractivity contribution in [3.63, 3.8) is 0 Å². The Morgan fingerprint density at radius 1 is 0.821 bits per heavy atom. The number of aliphatic hydroxyl groups excluding tert-OH is 1. The monoisotopic (exact) mass is 1390 g/mol. The molecule has 4 bridgehead atoms. The lowest BCUT2D eigenvalue weighted by Crippen LogP contribution is -2.64. The quantitative estimate of drug-likeness (QED) is 0.0190. The molecule has 2 fully saturated rings. The molecular weight excluding hydrogens is 1290 g/mol. The van der Waals surface area contributed by atoms with Gasteiger partial charge in [0, 0.05) is 78.2 Å². The zero-order valence-electron chi connectivity index (χ0n) is 57.1. The summed E-state index contributed by atoms with van der Waals surface area (Å²) < 4.78 is 22.9. The number of amides is 10. The van der Waals surface area contributed by atoms with E-state index in [0.717, 1.165) is 36.8 Å². The van der Waals surface area contributed by atoms with Gasteiger partial charge in [-0.25, -0.2) is 9.59 Å². The summed E-state index contributed by atoms with van der Waals surface area (Å²) in [4.78, 5) is 148. The molecule has 532 valence electrons. The third kappa shape index (κ3) is 25.5. The summed E-state index contributed by atoms with van der Waals surface area (Å²) in [6.45, 7) is 13.9. The van der Waals surface area contributed by atoms with Crippen molar-refractivity contribution in [3.05, 3.63) is 46.5 Å². The van der Waals surface area contributed by atoms with Gasteiger partial charge in [-0.05, 0) is 102 Å². The Bertz CT molecular complexity index is 2890. The number of aliphatic hydroxyl groups is 2. The van der Waals surface area contributed by atoms with Crippen molar-refractivity contribution in [1.82, 2.24) is 41.7 Å². The fraction of sp³-hybridized carbons (Fsp3) is 0.682. The van der Waals surface area contributed by atoms with Crippen LogP contribution in [0.25, 0.3) is 0 Å². The second-order valence-electron chi connectivity index (χ2n) is 24.8. The van der Waals surface area contributed by atoms with Crippen molar-refractivity contribution in [2.45, 2.75) is 218 Å². The zero-order valence-corrected chi connectivity index (χ0v) is 59.5. The van der Waals surface area contributed by atoms with Crippen LogP contribution in [0, 0.1) is 11.8 Å². The molecule has 3 aliphatic heterocycles. The van der Waals surface area contributed by atoms with Crippen LogP contribution in [0.4, 0.5) is 10.5 Å². The van der Waals surface area contributed by atoms with E-state index in [1.54, 1.807) is 38.1 Å². The molecule has 0 aromatic heterocycles. The molecule has 0 aliphatic carbocycles. The molecule has 3 heterocycles. The number of hydrogen-bond acceptors (Lipinski definition) is 19. The lowest BCUT2D eigenvalue weighted by molar-refractivity contribution is -0.167. The molecule has 8 N–H and O–H groups in total. The highest BCUT2D eigenvalue weighted by molar-refractivity contribution is 8.00. The molecule has 1 unspecified atom stereocenters. The molecule has 10 amide bonds. The Labute approximate surface area is 572 Å². The van der Waals surface area contributed by atoms with E-state index < -0.39 is 119 Å². The van der Waals surface area contributed by atoms with Gasteiger partial charge >= 0.3 is 12.1 Å². The summed E-state index contributed by atoms with van der Waals surface area (Å²) in [5, 5.41) is 39.2. The second-order valence-corrected chi connectivity index (χ2v) is 27.6. The number of methoxy groups -OCH3 is 2. The number of nitrogens with zero attached hydrogens (tertiary/aromatic N) is 3. The number of carbonyl (C=O) groups is 11. The molecule has 1 aromatic rings. The van der Waals surface area contributed by atoms with E-state index in [4.69, 9.17) is 30.5 Å². The lowest BCUT2D eigenvalue weighted by Gasteiger charge is -2.43. The molecule has 29 heteroatoms. The van der Waals surface area contributed by atoms with Crippen molar-refractivity contribution in [2.75, 3.05) is 63.7 Å². The topological polar surface area (TPSA) is 347 Å². The summed E-state index contributed by atoms with van der Waals surface area (Å²) >= 11 is 9.53. The molecule has 26 nitrogen and oxygen atoms in total. The van der Waals surface area contributed by atoms with Gasteiger partial charge < -0.3 is 65.5 Å². The fourth-order valence-electron chi connectivity index (χ4n) is 10.9. The van der Waals surface area contributed by atoms with E-state index in [0.29, 0.717) is 68.0 Å². The van der Waals surface area contributed by atoms with Gasteiger partial charge in [-0.1, -0.05) is 81.9 Å². The molecule has 0 spiro atoms. The fourth-order valence-corrected chi connectivity index (χ4v) is 13.2.